The maximum absolute atomic E-state index is 11.7. The second-order valence-electron chi connectivity index (χ2n) is 5.12. The molecule has 15 heavy (non-hydrogen) atoms. The molecule has 1 N–H and O–H groups in total. The second-order valence-corrected chi connectivity index (χ2v) is 5.12. The highest BCUT2D eigenvalue weighted by Crippen LogP contribution is 2.26. The molecule has 1 fully saturated rings. The normalized spacial score (nSPS) is 22.2. The van der Waals surface area contributed by atoms with Crippen LogP contribution >= 0.6 is 0 Å². The molecular weight excluding hydrogens is 192 g/mol. The highest BCUT2D eigenvalue weighted by molar-refractivity contribution is 5.12. The molecule has 1 aliphatic rings. The van der Waals surface area contributed by atoms with Gasteiger partial charge >= 0.3 is 5.69 Å². The zero-order chi connectivity index (χ0) is 11.1. The largest absolute Gasteiger partial charge is 0.379 e. The molecule has 1 aliphatic heterocycles. The number of rotatable bonds is 1. The van der Waals surface area contributed by atoms with E-state index in [4.69, 9.17) is 4.74 Å². The maximum Gasteiger partial charge on any atom is 0.326 e. The molecule has 0 radical (unpaired) electrons. The third-order valence-corrected chi connectivity index (χ3v) is 2.85. The fourth-order valence-corrected chi connectivity index (χ4v) is 2.04. The Balaban J connectivity index is 2.44. The first kappa shape index (κ1) is 10.5. The summed E-state index contributed by atoms with van der Waals surface area (Å²) in [6.45, 7) is 7.75. The molecule has 1 saturated heterocycles. The third kappa shape index (κ3) is 1.86. The van der Waals surface area contributed by atoms with Crippen molar-refractivity contribution in [1.29, 1.82) is 0 Å². The molecule has 4 heteroatoms. The van der Waals surface area contributed by atoms with Gasteiger partial charge in [0.1, 0.15) is 0 Å². The van der Waals surface area contributed by atoms with Crippen molar-refractivity contribution in [2.75, 3.05) is 13.2 Å². The number of nitrogens with one attached hydrogen (secondary N) is 1. The first-order valence-electron chi connectivity index (χ1n) is 5.38. The fraction of sp³-hybridized carbons (Fsp3) is 0.727. The molecule has 84 valence electrons. The Kier molecular flexibility index (Phi) is 2.46. The topological polar surface area (TPSA) is 47.0 Å². The van der Waals surface area contributed by atoms with E-state index < -0.39 is 0 Å². The van der Waals surface area contributed by atoms with Crippen molar-refractivity contribution in [3.05, 3.63) is 22.4 Å². The molecule has 4 nitrogen and oxygen atoms in total. The molecule has 0 amide bonds. The van der Waals surface area contributed by atoms with Crippen LogP contribution in [0.25, 0.3) is 0 Å². The number of aromatic nitrogens is 2. The Bertz CT molecular complexity index is 391. The zero-order valence-electron chi connectivity index (χ0n) is 9.54. The van der Waals surface area contributed by atoms with Gasteiger partial charge in [0, 0.05) is 23.9 Å². The highest BCUT2D eigenvalue weighted by Gasteiger charge is 2.27. The van der Waals surface area contributed by atoms with E-state index in [0.717, 1.165) is 18.7 Å². The summed E-state index contributed by atoms with van der Waals surface area (Å²) in [5, 5.41) is 0. The lowest BCUT2D eigenvalue weighted by Gasteiger charge is -2.22. The summed E-state index contributed by atoms with van der Waals surface area (Å²) in [7, 11) is 0. The van der Waals surface area contributed by atoms with Gasteiger partial charge in [-0.2, -0.15) is 0 Å². The number of hydrogen-bond donors (Lipinski definition) is 1. The summed E-state index contributed by atoms with van der Waals surface area (Å²) in [5.41, 5.74) is 1.03. The summed E-state index contributed by atoms with van der Waals surface area (Å²) in [6.07, 6.45) is 2.75. The van der Waals surface area contributed by atoms with Gasteiger partial charge in [0.2, 0.25) is 0 Å². The van der Waals surface area contributed by atoms with Crippen LogP contribution in [0, 0.1) is 0 Å². The van der Waals surface area contributed by atoms with E-state index in [2.05, 4.69) is 25.8 Å². The van der Waals surface area contributed by atoms with Crippen molar-refractivity contribution in [3.8, 4) is 0 Å². The number of nitrogens with zero attached hydrogens (tertiary/aromatic N) is 1. The molecule has 2 heterocycles. The molecule has 2 rings (SSSR count). The number of H-pyrrole nitrogens is 1. The quantitative estimate of drug-likeness (QED) is 0.762. The van der Waals surface area contributed by atoms with Crippen LogP contribution in [0.5, 0.6) is 0 Å². The monoisotopic (exact) mass is 210 g/mol. The number of hydrogen-bond acceptors (Lipinski definition) is 2. The lowest BCUT2D eigenvalue weighted by Crippen LogP contribution is -2.28. The van der Waals surface area contributed by atoms with Gasteiger partial charge < -0.3 is 9.72 Å². The van der Waals surface area contributed by atoms with Gasteiger partial charge in [0.25, 0.3) is 0 Å². The molecule has 1 unspecified atom stereocenters. The second kappa shape index (κ2) is 3.52. The molecule has 0 aromatic carbocycles. The summed E-state index contributed by atoms with van der Waals surface area (Å²) in [6, 6.07) is 0.206. The van der Waals surface area contributed by atoms with Crippen LogP contribution in [0.3, 0.4) is 0 Å². The van der Waals surface area contributed by atoms with E-state index in [-0.39, 0.29) is 17.1 Å². The van der Waals surface area contributed by atoms with Crippen LogP contribution < -0.4 is 5.69 Å². The van der Waals surface area contributed by atoms with E-state index in [1.165, 1.54) is 0 Å². The minimum atomic E-state index is -0.0181. The Morgan fingerprint density at radius 1 is 1.53 bits per heavy atom. The predicted octanol–water partition coefficient (Wildman–Crippen LogP) is 1.44. The van der Waals surface area contributed by atoms with E-state index in [1.54, 1.807) is 0 Å². The Hall–Kier alpha value is -1.03. The van der Waals surface area contributed by atoms with Crippen LogP contribution in [0.1, 0.15) is 38.9 Å². The maximum atomic E-state index is 11.7. The van der Waals surface area contributed by atoms with Crippen molar-refractivity contribution >= 4 is 0 Å². The minimum absolute atomic E-state index is 0.0122. The van der Waals surface area contributed by atoms with Gasteiger partial charge in [-0.1, -0.05) is 20.8 Å². The van der Waals surface area contributed by atoms with E-state index in [9.17, 15) is 4.79 Å². The smallest absolute Gasteiger partial charge is 0.326 e. The van der Waals surface area contributed by atoms with Crippen molar-refractivity contribution in [2.24, 2.45) is 0 Å². The predicted molar refractivity (Wildman–Crippen MR) is 58.2 cm³/mol. The van der Waals surface area contributed by atoms with Crippen LogP contribution in [-0.2, 0) is 10.2 Å². The van der Waals surface area contributed by atoms with Gasteiger partial charge in [-0.3, -0.25) is 4.57 Å². The molecule has 0 spiro atoms. The Labute approximate surface area is 89.3 Å². The van der Waals surface area contributed by atoms with Gasteiger partial charge in [-0.15, -0.1) is 0 Å². The summed E-state index contributed by atoms with van der Waals surface area (Å²) in [4.78, 5) is 14.5. The SMILES string of the molecule is CC(C)(C)c1c[nH]c(=O)n1C1CCOC1. The van der Waals surface area contributed by atoms with Crippen LogP contribution in [-0.4, -0.2) is 22.8 Å². The standard InChI is InChI=1S/C11H18N2O2/c1-11(2,3)9-6-12-10(14)13(9)8-4-5-15-7-8/h6,8H,4-5,7H2,1-3H3,(H,12,14). The third-order valence-electron chi connectivity index (χ3n) is 2.85. The van der Waals surface area contributed by atoms with Crippen molar-refractivity contribution in [1.82, 2.24) is 9.55 Å². The summed E-state index contributed by atoms with van der Waals surface area (Å²) >= 11 is 0. The summed E-state index contributed by atoms with van der Waals surface area (Å²) < 4.78 is 7.18. The highest BCUT2D eigenvalue weighted by atomic mass is 16.5. The molecule has 0 saturated carbocycles. The molecule has 0 bridgehead atoms. The lowest BCUT2D eigenvalue weighted by atomic mass is 9.92. The molecule has 1 aromatic heterocycles. The summed E-state index contributed by atoms with van der Waals surface area (Å²) in [5.74, 6) is 0. The van der Waals surface area contributed by atoms with E-state index >= 15 is 0 Å². The number of aromatic amines is 1. The van der Waals surface area contributed by atoms with Crippen LogP contribution in [0.4, 0.5) is 0 Å². The molecule has 0 aliphatic carbocycles. The minimum Gasteiger partial charge on any atom is -0.379 e. The van der Waals surface area contributed by atoms with E-state index in [1.807, 2.05) is 10.8 Å². The van der Waals surface area contributed by atoms with Gasteiger partial charge in [0.05, 0.1) is 12.6 Å². The average Bonchev–Trinajstić information content (AvgIpc) is 2.69. The van der Waals surface area contributed by atoms with Gasteiger partial charge in [-0.25, -0.2) is 4.79 Å². The van der Waals surface area contributed by atoms with Gasteiger partial charge in [-0.05, 0) is 6.42 Å². The fourth-order valence-electron chi connectivity index (χ4n) is 2.04. The Morgan fingerprint density at radius 3 is 2.80 bits per heavy atom. The molecule has 1 aromatic rings. The van der Waals surface area contributed by atoms with Crippen LogP contribution in [0.15, 0.2) is 11.0 Å². The van der Waals surface area contributed by atoms with Crippen molar-refractivity contribution in [2.45, 2.75) is 38.6 Å². The Morgan fingerprint density at radius 2 is 2.27 bits per heavy atom. The van der Waals surface area contributed by atoms with Crippen molar-refractivity contribution in [3.63, 3.8) is 0 Å². The average molecular weight is 210 g/mol. The van der Waals surface area contributed by atoms with E-state index in [0.29, 0.717) is 6.61 Å². The number of ether oxygens (including phenoxy) is 1. The first-order valence-corrected chi connectivity index (χ1v) is 5.38. The molecular formula is C11H18N2O2. The first-order chi connectivity index (χ1) is 7.00. The van der Waals surface area contributed by atoms with Crippen LogP contribution in [0.2, 0.25) is 0 Å². The zero-order valence-corrected chi connectivity index (χ0v) is 9.54. The van der Waals surface area contributed by atoms with Crippen molar-refractivity contribution < 1.29 is 4.74 Å². The van der Waals surface area contributed by atoms with Gasteiger partial charge in [0.15, 0.2) is 0 Å². The molecule has 1 atom stereocenters. The number of imidazole rings is 1. The lowest BCUT2D eigenvalue weighted by molar-refractivity contribution is 0.185.